The average Bonchev–Trinajstić information content (AvgIpc) is 3.12. The second kappa shape index (κ2) is 5.13. The number of furan rings is 1. The third-order valence-electron chi connectivity index (χ3n) is 3.96. The molecule has 2 aromatic rings. The van der Waals surface area contributed by atoms with Gasteiger partial charge < -0.3 is 15.5 Å². The molecule has 1 aromatic carbocycles. The Morgan fingerprint density at radius 2 is 2.00 bits per heavy atom. The summed E-state index contributed by atoms with van der Waals surface area (Å²) >= 11 is 0. The molecule has 4 nitrogen and oxygen atoms in total. The minimum atomic E-state index is -0.361. The first-order valence-electron chi connectivity index (χ1n) is 6.84. The van der Waals surface area contributed by atoms with Crippen molar-refractivity contribution in [2.75, 3.05) is 6.54 Å². The number of rotatable bonds is 5. The highest BCUT2D eigenvalue weighted by atomic mass is 16.3. The van der Waals surface area contributed by atoms with Crippen LogP contribution in [-0.4, -0.2) is 12.5 Å². The van der Waals surface area contributed by atoms with E-state index in [1.165, 1.54) is 0 Å². The summed E-state index contributed by atoms with van der Waals surface area (Å²) in [5.74, 6) is 0.752. The largest absolute Gasteiger partial charge is 0.467 e. The van der Waals surface area contributed by atoms with Gasteiger partial charge in [-0.15, -0.1) is 0 Å². The smallest absolute Gasteiger partial charge is 0.228 e. The number of carbonyl (C=O) groups excluding carboxylic acids is 1. The Bertz CT molecular complexity index is 574. The fourth-order valence-electron chi connectivity index (χ4n) is 2.38. The topological polar surface area (TPSA) is 68.3 Å². The SMILES string of the molecule is NCC1(C(=O)NC(c2ccccc2)c2ccco2)CC1. The minimum absolute atomic E-state index is 0.0188. The zero-order valence-electron chi connectivity index (χ0n) is 11.2. The maximum atomic E-state index is 12.4. The van der Waals surface area contributed by atoms with Gasteiger partial charge >= 0.3 is 0 Å². The molecule has 20 heavy (non-hydrogen) atoms. The number of nitrogens with one attached hydrogen (secondary N) is 1. The molecule has 1 aliphatic carbocycles. The van der Waals surface area contributed by atoms with E-state index in [0.717, 1.165) is 24.2 Å². The summed E-state index contributed by atoms with van der Waals surface area (Å²) in [6.07, 6.45) is 3.36. The zero-order valence-corrected chi connectivity index (χ0v) is 11.2. The molecular formula is C16H18N2O2. The van der Waals surface area contributed by atoms with Crippen LogP contribution < -0.4 is 11.1 Å². The number of benzene rings is 1. The summed E-state index contributed by atoms with van der Waals surface area (Å²) in [5.41, 5.74) is 6.36. The van der Waals surface area contributed by atoms with Crippen LogP contribution in [0.15, 0.2) is 53.1 Å². The number of amides is 1. The predicted molar refractivity (Wildman–Crippen MR) is 75.9 cm³/mol. The molecule has 104 valence electrons. The van der Waals surface area contributed by atoms with Gasteiger partial charge in [0.15, 0.2) is 0 Å². The van der Waals surface area contributed by atoms with Crippen LogP contribution >= 0.6 is 0 Å². The summed E-state index contributed by atoms with van der Waals surface area (Å²) in [5, 5.41) is 3.08. The molecule has 3 N–H and O–H groups in total. The molecule has 1 unspecified atom stereocenters. The molecular weight excluding hydrogens is 252 g/mol. The van der Waals surface area contributed by atoms with E-state index < -0.39 is 0 Å². The summed E-state index contributed by atoms with van der Waals surface area (Å²) in [6, 6.07) is 13.3. The Morgan fingerprint density at radius 1 is 1.25 bits per heavy atom. The number of hydrogen-bond acceptors (Lipinski definition) is 3. The van der Waals surface area contributed by atoms with Crippen molar-refractivity contribution in [1.29, 1.82) is 0 Å². The van der Waals surface area contributed by atoms with Crippen LogP contribution in [0.25, 0.3) is 0 Å². The average molecular weight is 270 g/mol. The van der Waals surface area contributed by atoms with Crippen molar-refractivity contribution in [3.63, 3.8) is 0 Å². The summed E-state index contributed by atoms with van der Waals surface area (Å²) in [7, 11) is 0. The van der Waals surface area contributed by atoms with Crippen molar-refractivity contribution < 1.29 is 9.21 Å². The standard InChI is InChI=1S/C16H18N2O2/c17-11-16(8-9-16)15(19)18-14(13-7-4-10-20-13)12-5-2-1-3-6-12/h1-7,10,14H,8-9,11,17H2,(H,18,19). The third kappa shape index (κ3) is 2.34. The van der Waals surface area contributed by atoms with E-state index in [4.69, 9.17) is 10.2 Å². The molecule has 4 heteroatoms. The van der Waals surface area contributed by atoms with Crippen molar-refractivity contribution in [2.45, 2.75) is 18.9 Å². The van der Waals surface area contributed by atoms with Crippen LogP contribution in [0.1, 0.15) is 30.2 Å². The van der Waals surface area contributed by atoms with Gasteiger partial charge in [-0.2, -0.15) is 0 Å². The van der Waals surface area contributed by atoms with Crippen LogP contribution in [0.2, 0.25) is 0 Å². The van der Waals surface area contributed by atoms with E-state index in [-0.39, 0.29) is 17.4 Å². The molecule has 1 amide bonds. The quantitative estimate of drug-likeness (QED) is 0.875. The predicted octanol–water partition coefficient (Wildman–Crippen LogP) is 2.22. The molecule has 0 aliphatic heterocycles. The van der Waals surface area contributed by atoms with E-state index >= 15 is 0 Å². The minimum Gasteiger partial charge on any atom is -0.467 e. The number of hydrogen-bond donors (Lipinski definition) is 2. The molecule has 1 saturated carbocycles. The monoisotopic (exact) mass is 270 g/mol. The summed E-state index contributed by atoms with van der Waals surface area (Å²) in [6.45, 7) is 0.401. The molecule has 0 bridgehead atoms. The van der Waals surface area contributed by atoms with Gasteiger partial charge in [-0.1, -0.05) is 30.3 Å². The lowest BCUT2D eigenvalue weighted by atomic mass is 10.0. The number of nitrogens with two attached hydrogens (primary N) is 1. The highest BCUT2D eigenvalue weighted by molar-refractivity contribution is 5.86. The molecule has 3 rings (SSSR count). The van der Waals surface area contributed by atoms with E-state index in [0.29, 0.717) is 6.54 Å². The van der Waals surface area contributed by atoms with Crippen LogP contribution in [0.3, 0.4) is 0 Å². The molecule has 1 aliphatic rings. The van der Waals surface area contributed by atoms with Gasteiger partial charge in [0, 0.05) is 6.54 Å². The Hall–Kier alpha value is -2.07. The van der Waals surface area contributed by atoms with E-state index in [1.54, 1.807) is 6.26 Å². The van der Waals surface area contributed by atoms with Gasteiger partial charge in [-0.3, -0.25) is 4.79 Å². The Morgan fingerprint density at radius 3 is 2.55 bits per heavy atom. The first-order chi connectivity index (χ1) is 9.75. The molecule has 1 atom stereocenters. The van der Waals surface area contributed by atoms with Crippen LogP contribution in [0.4, 0.5) is 0 Å². The second-order valence-corrected chi connectivity index (χ2v) is 5.32. The molecule has 1 fully saturated rings. The zero-order chi connectivity index (χ0) is 14.0. The maximum absolute atomic E-state index is 12.4. The summed E-state index contributed by atoms with van der Waals surface area (Å²) in [4.78, 5) is 12.4. The third-order valence-corrected chi connectivity index (χ3v) is 3.96. The highest BCUT2D eigenvalue weighted by Gasteiger charge is 2.49. The highest BCUT2D eigenvalue weighted by Crippen LogP contribution is 2.45. The van der Waals surface area contributed by atoms with Crippen LogP contribution in [-0.2, 0) is 4.79 Å². The molecule has 1 aromatic heterocycles. The van der Waals surface area contributed by atoms with E-state index in [1.807, 2.05) is 42.5 Å². The normalized spacial score (nSPS) is 17.4. The van der Waals surface area contributed by atoms with Gasteiger partial charge in [0.1, 0.15) is 11.8 Å². The van der Waals surface area contributed by atoms with Crippen molar-refractivity contribution in [2.24, 2.45) is 11.1 Å². The first-order valence-corrected chi connectivity index (χ1v) is 6.84. The van der Waals surface area contributed by atoms with Gasteiger partial charge in [-0.05, 0) is 30.5 Å². The summed E-state index contributed by atoms with van der Waals surface area (Å²) < 4.78 is 5.47. The van der Waals surface area contributed by atoms with Gasteiger partial charge in [0.25, 0.3) is 0 Å². The maximum Gasteiger partial charge on any atom is 0.228 e. The van der Waals surface area contributed by atoms with Crippen molar-refractivity contribution in [3.8, 4) is 0 Å². The Balaban J connectivity index is 1.86. The lowest BCUT2D eigenvalue weighted by Gasteiger charge is -2.20. The molecule has 0 saturated heterocycles. The fraction of sp³-hybridized carbons (Fsp3) is 0.312. The van der Waals surface area contributed by atoms with Gasteiger partial charge in [-0.25, -0.2) is 0 Å². The van der Waals surface area contributed by atoms with Gasteiger partial charge in [0.05, 0.1) is 11.7 Å². The second-order valence-electron chi connectivity index (χ2n) is 5.32. The van der Waals surface area contributed by atoms with Crippen LogP contribution in [0, 0.1) is 5.41 Å². The van der Waals surface area contributed by atoms with E-state index in [2.05, 4.69) is 5.32 Å². The lowest BCUT2D eigenvalue weighted by molar-refractivity contribution is -0.126. The van der Waals surface area contributed by atoms with Crippen molar-refractivity contribution in [3.05, 3.63) is 60.1 Å². The Kier molecular flexibility index (Phi) is 3.32. The molecule has 0 spiro atoms. The Labute approximate surface area is 118 Å². The first kappa shape index (κ1) is 12.9. The molecule has 1 heterocycles. The molecule has 0 radical (unpaired) electrons. The lowest BCUT2D eigenvalue weighted by Crippen LogP contribution is -2.39. The number of carbonyl (C=O) groups is 1. The van der Waals surface area contributed by atoms with Gasteiger partial charge in [0.2, 0.25) is 5.91 Å². The van der Waals surface area contributed by atoms with Crippen molar-refractivity contribution in [1.82, 2.24) is 5.32 Å². The fourth-order valence-corrected chi connectivity index (χ4v) is 2.38. The van der Waals surface area contributed by atoms with Crippen molar-refractivity contribution >= 4 is 5.91 Å². The van der Waals surface area contributed by atoms with Crippen LogP contribution in [0.5, 0.6) is 0 Å². The van der Waals surface area contributed by atoms with E-state index in [9.17, 15) is 4.79 Å².